The fraction of sp³-hybridized carbons (Fsp3) is 0.297. The Balaban J connectivity index is 0.895. The molecular weight excluding hydrogens is 602 g/mol. The highest BCUT2D eigenvalue weighted by molar-refractivity contribution is 6.03. The number of anilines is 1. The SMILES string of the molecule is Cn1cnc(-c2ccc(C3=CCN(C(=O)CN4CCC5(CCN(c6ccc7[nH]nc(-c8ccc(C#N)cc8)c7c6)C5=O)C4)CC3)cc2)n1. The number of aromatic amines is 1. The topological polar surface area (TPSA) is 127 Å². The molecule has 3 aromatic carbocycles. The summed E-state index contributed by atoms with van der Waals surface area (Å²) in [6.45, 7) is 3.59. The van der Waals surface area contributed by atoms with Gasteiger partial charge in [-0.1, -0.05) is 42.5 Å². The van der Waals surface area contributed by atoms with E-state index in [1.165, 1.54) is 5.57 Å². The highest BCUT2D eigenvalue weighted by atomic mass is 16.2. The van der Waals surface area contributed by atoms with Crippen molar-refractivity contribution >= 4 is 34.0 Å². The average molecular weight is 638 g/mol. The van der Waals surface area contributed by atoms with Gasteiger partial charge in [-0.3, -0.25) is 24.3 Å². The van der Waals surface area contributed by atoms with Crippen LogP contribution in [0.15, 0.2) is 79.1 Å². The van der Waals surface area contributed by atoms with E-state index in [1.807, 2.05) is 59.3 Å². The third-order valence-electron chi connectivity index (χ3n) is 10.1. The number of H-pyrrole nitrogens is 1. The molecule has 2 amide bonds. The third-order valence-corrected chi connectivity index (χ3v) is 10.1. The maximum atomic E-state index is 14.0. The van der Waals surface area contributed by atoms with Crippen LogP contribution in [0.4, 0.5) is 5.69 Å². The van der Waals surface area contributed by atoms with Crippen LogP contribution in [-0.2, 0) is 16.6 Å². The highest BCUT2D eigenvalue weighted by Gasteiger charge is 2.51. The van der Waals surface area contributed by atoms with E-state index in [4.69, 9.17) is 5.26 Å². The first kappa shape index (κ1) is 29.8. The number of likely N-dealkylation sites (tertiary alicyclic amines) is 1. The van der Waals surface area contributed by atoms with E-state index < -0.39 is 5.41 Å². The molecule has 1 N–H and O–H groups in total. The molecule has 5 heterocycles. The van der Waals surface area contributed by atoms with Crippen molar-refractivity contribution in [3.8, 4) is 28.7 Å². The summed E-state index contributed by atoms with van der Waals surface area (Å²) in [7, 11) is 1.86. The first-order valence-electron chi connectivity index (χ1n) is 16.4. The largest absolute Gasteiger partial charge is 0.338 e. The number of rotatable bonds is 6. The second kappa shape index (κ2) is 11.9. The molecule has 48 heavy (non-hydrogen) atoms. The van der Waals surface area contributed by atoms with Gasteiger partial charge < -0.3 is 9.80 Å². The molecule has 0 bridgehead atoms. The van der Waals surface area contributed by atoms with Crippen LogP contribution in [0.5, 0.6) is 0 Å². The van der Waals surface area contributed by atoms with Crippen LogP contribution in [0.1, 0.15) is 30.4 Å². The monoisotopic (exact) mass is 637 g/mol. The first-order valence-corrected chi connectivity index (χ1v) is 16.4. The number of carbonyl (C=O) groups is 2. The molecule has 3 aliphatic rings. The van der Waals surface area contributed by atoms with E-state index in [0.717, 1.165) is 64.8 Å². The predicted molar refractivity (Wildman–Crippen MR) is 182 cm³/mol. The summed E-state index contributed by atoms with van der Waals surface area (Å²) in [4.78, 5) is 37.7. The molecule has 5 aromatic rings. The number of nitriles is 1. The number of hydrogen-bond donors (Lipinski definition) is 1. The van der Waals surface area contributed by atoms with Crippen molar-refractivity contribution in [2.45, 2.75) is 19.3 Å². The van der Waals surface area contributed by atoms with Gasteiger partial charge >= 0.3 is 0 Å². The fourth-order valence-corrected chi connectivity index (χ4v) is 7.39. The molecule has 2 fully saturated rings. The molecule has 11 nitrogen and oxygen atoms in total. The molecule has 8 rings (SSSR count). The van der Waals surface area contributed by atoms with Crippen LogP contribution < -0.4 is 4.90 Å². The molecule has 2 saturated heterocycles. The minimum absolute atomic E-state index is 0.113. The number of hydrogen-bond acceptors (Lipinski definition) is 7. The van der Waals surface area contributed by atoms with Gasteiger partial charge in [0.15, 0.2) is 5.82 Å². The van der Waals surface area contributed by atoms with Gasteiger partial charge in [0.2, 0.25) is 11.8 Å². The molecule has 2 aromatic heterocycles. The summed E-state index contributed by atoms with van der Waals surface area (Å²) in [6.07, 6.45) is 6.18. The van der Waals surface area contributed by atoms with Crippen molar-refractivity contribution in [3.05, 3.63) is 90.3 Å². The number of carbonyl (C=O) groups excluding carboxylic acids is 2. The molecule has 3 aliphatic heterocycles. The van der Waals surface area contributed by atoms with Crippen molar-refractivity contribution in [1.82, 2.24) is 34.8 Å². The number of aromatic nitrogens is 5. The number of benzene rings is 3. The van der Waals surface area contributed by atoms with Gasteiger partial charge in [0.1, 0.15) is 6.33 Å². The van der Waals surface area contributed by atoms with Crippen LogP contribution in [0.25, 0.3) is 39.1 Å². The Bertz CT molecular complexity index is 2100. The van der Waals surface area contributed by atoms with Gasteiger partial charge in [-0.2, -0.15) is 15.5 Å². The summed E-state index contributed by atoms with van der Waals surface area (Å²) in [5.41, 5.74) is 6.96. The first-order chi connectivity index (χ1) is 23.4. The molecule has 0 aliphatic carbocycles. The minimum atomic E-state index is -0.465. The standard InChI is InChI=1S/C37H35N9O2/c1-43-24-39-35(42-43)29-8-6-26(7-9-29)27-12-16-45(17-13-27)33(47)22-44-18-14-37(23-44)15-19-46(36(37)48)30-10-11-32-31(20-30)34(41-40-32)28-4-2-25(21-38)3-5-28/h2-12,20,24H,13-19,22-23H2,1H3,(H,40,41). The van der Waals surface area contributed by atoms with Crippen LogP contribution in [0.3, 0.4) is 0 Å². The average Bonchev–Trinajstić information content (AvgIpc) is 3.92. The second-order valence-electron chi connectivity index (χ2n) is 13.1. The Morgan fingerprint density at radius 3 is 2.48 bits per heavy atom. The predicted octanol–water partition coefficient (Wildman–Crippen LogP) is 4.64. The summed E-state index contributed by atoms with van der Waals surface area (Å²) < 4.78 is 1.69. The van der Waals surface area contributed by atoms with E-state index >= 15 is 0 Å². The van der Waals surface area contributed by atoms with Crippen molar-refractivity contribution in [1.29, 1.82) is 5.26 Å². The maximum Gasteiger partial charge on any atom is 0.237 e. The Morgan fingerprint density at radius 2 is 1.75 bits per heavy atom. The molecule has 11 heteroatoms. The number of fused-ring (bicyclic) bond motifs is 1. The van der Waals surface area contributed by atoms with Crippen molar-refractivity contribution < 1.29 is 9.59 Å². The summed E-state index contributed by atoms with van der Waals surface area (Å²) >= 11 is 0. The van der Waals surface area contributed by atoms with E-state index in [2.05, 4.69) is 49.5 Å². The zero-order valence-corrected chi connectivity index (χ0v) is 26.8. The third kappa shape index (κ3) is 5.34. The minimum Gasteiger partial charge on any atom is -0.338 e. The van der Waals surface area contributed by atoms with Gasteiger partial charge in [-0.05, 0) is 67.3 Å². The number of nitrogens with one attached hydrogen (secondary N) is 1. The van der Waals surface area contributed by atoms with Gasteiger partial charge in [0.05, 0.1) is 34.8 Å². The van der Waals surface area contributed by atoms with Crippen molar-refractivity contribution in [2.24, 2.45) is 12.5 Å². The number of amides is 2. The zero-order chi connectivity index (χ0) is 32.8. The molecule has 240 valence electrons. The molecule has 1 spiro atoms. The molecule has 0 saturated carbocycles. The zero-order valence-electron chi connectivity index (χ0n) is 26.8. The van der Waals surface area contributed by atoms with Gasteiger partial charge in [0.25, 0.3) is 0 Å². The highest BCUT2D eigenvalue weighted by Crippen LogP contribution is 2.43. The number of aryl methyl sites for hydroxylation is 1. The van der Waals surface area contributed by atoms with Gasteiger partial charge in [0, 0.05) is 55.4 Å². The molecule has 1 unspecified atom stereocenters. The van der Waals surface area contributed by atoms with E-state index in [-0.39, 0.29) is 11.8 Å². The quantitative estimate of drug-likeness (QED) is 0.287. The van der Waals surface area contributed by atoms with Gasteiger partial charge in [-0.25, -0.2) is 4.98 Å². The lowest BCUT2D eigenvalue weighted by Crippen LogP contribution is -2.43. The maximum absolute atomic E-state index is 14.0. The Kier molecular flexibility index (Phi) is 7.37. The molecular formula is C37H35N9O2. The molecule has 1 atom stereocenters. The Morgan fingerprint density at radius 1 is 0.979 bits per heavy atom. The van der Waals surface area contributed by atoms with E-state index in [0.29, 0.717) is 44.1 Å². The molecule has 0 radical (unpaired) electrons. The summed E-state index contributed by atoms with van der Waals surface area (Å²) in [6, 6.07) is 23.8. The van der Waals surface area contributed by atoms with Gasteiger partial charge in [-0.15, -0.1) is 0 Å². The second-order valence-corrected chi connectivity index (χ2v) is 13.1. The Labute approximate surface area is 278 Å². The van der Waals surface area contributed by atoms with E-state index in [1.54, 1.807) is 23.1 Å². The van der Waals surface area contributed by atoms with Crippen LogP contribution in [0, 0.1) is 16.7 Å². The lowest BCUT2D eigenvalue weighted by molar-refractivity contribution is -0.132. The van der Waals surface area contributed by atoms with Crippen molar-refractivity contribution in [2.75, 3.05) is 44.2 Å². The summed E-state index contributed by atoms with van der Waals surface area (Å²) in [5.74, 6) is 0.956. The normalized spacial score (nSPS) is 19.8. The van der Waals surface area contributed by atoms with Crippen LogP contribution in [0.2, 0.25) is 0 Å². The lowest BCUT2D eigenvalue weighted by atomic mass is 9.85. The number of nitrogens with zero attached hydrogens (tertiary/aromatic N) is 8. The fourth-order valence-electron chi connectivity index (χ4n) is 7.39. The summed E-state index contributed by atoms with van der Waals surface area (Å²) in [5, 5.41) is 22.1. The Hall–Kier alpha value is -5.60. The lowest BCUT2D eigenvalue weighted by Gasteiger charge is -2.29. The van der Waals surface area contributed by atoms with E-state index in [9.17, 15) is 9.59 Å². The smallest absolute Gasteiger partial charge is 0.237 e. The van der Waals surface area contributed by atoms with Crippen molar-refractivity contribution in [3.63, 3.8) is 0 Å². The van der Waals surface area contributed by atoms with Crippen LogP contribution >= 0.6 is 0 Å². The van der Waals surface area contributed by atoms with Crippen LogP contribution in [-0.4, -0.2) is 85.8 Å².